The van der Waals surface area contributed by atoms with Gasteiger partial charge in [-0.3, -0.25) is 9.67 Å². The van der Waals surface area contributed by atoms with Gasteiger partial charge in [0.1, 0.15) is 6.10 Å². The highest BCUT2D eigenvalue weighted by Gasteiger charge is 2.17. The van der Waals surface area contributed by atoms with Crippen molar-refractivity contribution in [2.75, 3.05) is 7.05 Å². The molecule has 0 radical (unpaired) electrons. The molecule has 1 aliphatic rings. The van der Waals surface area contributed by atoms with Crippen molar-refractivity contribution in [1.29, 1.82) is 0 Å². The van der Waals surface area contributed by atoms with Gasteiger partial charge in [-0.05, 0) is 64.0 Å². The number of guanidine groups is 1. The van der Waals surface area contributed by atoms with Gasteiger partial charge in [-0.2, -0.15) is 5.10 Å². The summed E-state index contributed by atoms with van der Waals surface area (Å²) in [6.45, 7) is 7.00. The monoisotopic (exact) mass is 398 g/mol. The molecule has 158 valence electrons. The number of hydrogen-bond donors (Lipinski definition) is 2. The molecule has 7 nitrogen and oxygen atoms in total. The van der Waals surface area contributed by atoms with Crippen molar-refractivity contribution in [2.24, 2.45) is 12.0 Å². The van der Waals surface area contributed by atoms with Crippen molar-refractivity contribution in [1.82, 2.24) is 25.4 Å². The fraction of sp³-hybridized carbons (Fsp3) is 0.591. The summed E-state index contributed by atoms with van der Waals surface area (Å²) in [5, 5.41) is 11.3. The van der Waals surface area contributed by atoms with Crippen molar-refractivity contribution in [2.45, 2.75) is 71.6 Å². The molecule has 0 spiro atoms. The highest BCUT2D eigenvalue weighted by atomic mass is 16.5. The minimum absolute atomic E-state index is 0.239. The summed E-state index contributed by atoms with van der Waals surface area (Å²) in [5.41, 5.74) is 4.70. The second-order valence-electron chi connectivity index (χ2n) is 7.98. The van der Waals surface area contributed by atoms with Crippen LogP contribution in [0, 0.1) is 13.8 Å². The Morgan fingerprint density at radius 2 is 2.07 bits per heavy atom. The van der Waals surface area contributed by atoms with Gasteiger partial charge in [-0.25, -0.2) is 4.98 Å². The van der Waals surface area contributed by atoms with E-state index in [4.69, 9.17) is 4.74 Å². The first-order chi connectivity index (χ1) is 14.0. The lowest BCUT2D eigenvalue weighted by atomic mass is 10.1. The van der Waals surface area contributed by atoms with E-state index in [1.165, 1.54) is 24.1 Å². The summed E-state index contributed by atoms with van der Waals surface area (Å²) in [5.74, 6) is 1.50. The van der Waals surface area contributed by atoms with Gasteiger partial charge in [-0.1, -0.05) is 6.07 Å². The van der Waals surface area contributed by atoms with Gasteiger partial charge in [0.2, 0.25) is 5.88 Å². The van der Waals surface area contributed by atoms with E-state index in [0.29, 0.717) is 12.6 Å². The van der Waals surface area contributed by atoms with Crippen molar-refractivity contribution < 1.29 is 4.74 Å². The van der Waals surface area contributed by atoms with Crippen LogP contribution in [-0.4, -0.2) is 39.9 Å². The Hall–Kier alpha value is -2.57. The van der Waals surface area contributed by atoms with Gasteiger partial charge in [0.05, 0.1) is 5.69 Å². The summed E-state index contributed by atoms with van der Waals surface area (Å²) in [6, 6.07) is 4.26. The minimum Gasteiger partial charge on any atom is -0.474 e. The molecule has 1 aliphatic carbocycles. The molecule has 29 heavy (non-hydrogen) atoms. The first-order valence-corrected chi connectivity index (χ1v) is 10.5. The van der Waals surface area contributed by atoms with Crippen molar-refractivity contribution in [3.8, 4) is 5.88 Å². The molecule has 2 heterocycles. The predicted octanol–water partition coefficient (Wildman–Crippen LogP) is 3.05. The number of nitrogens with one attached hydrogen (secondary N) is 2. The predicted molar refractivity (Wildman–Crippen MR) is 116 cm³/mol. The maximum atomic E-state index is 5.93. The van der Waals surface area contributed by atoms with Crippen LogP contribution in [0.3, 0.4) is 0 Å². The molecule has 0 bridgehead atoms. The maximum Gasteiger partial charge on any atom is 0.213 e. The molecular weight excluding hydrogens is 364 g/mol. The van der Waals surface area contributed by atoms with E-state index < -0.39 is 0 Å². The number of aliphatic imine (C=N–C) groups is 1. The molecule has 1 fully saturated rings. The molecule has 1 atom stereocenters. The third-order valence-corrected chi connectivity index (χ3v) is 5.62. The zero-order chi connectivity index (χ0) is 20.8. The number of rotatable bonds is 7. The van der Waals surface area contributed by atoms with Crippen LogP contribution in [0.1, 0.15) is 55.1 Å². The van der Waals surface area contributed by atoms with Crippen molar-refractivity contribution in [3.63, 3.8) is 0 Å². The second kappa shape index (κ2) is 9.76. The average molecular weight is 399 g/mol. The molecule has 1 saturated carbocycles. The fourth-order valence-electron chi connectivity index (χ4n) is 3.85. The smallest absolute Gasteiger partial charge is 0.213 e. The molecule has 0 saturated heterocycles. The average Bonchev–Trinajstić information content (AvgIpc) is 3.30. The molecule has 2 N–H and O–H groups in total. The maximum absolute atomic E-state index is 5.93. The lowest BCUT2D eigenvalue weighted by molar-refractivity contribution is 0.201. The Kier molecular flexibility index (Phi) is 7.12. The van der Waals surface area contributed by atoms with E-state index in [9.17, 15) is 0 Å². The van der Waals surface area contributed by atoms with Gasteiger partial charge in [0.25, 0.3) is 0 Å². The zero-order valence-electron chi connectivity index (χ0n) is 18.3. The lowest BCUT2D eigenvalue weighted by Gasteiger charge is -2.18. The molecule has 2 aromatic heterocycles. The SMILES string of the molecule is CN=C(NCc1ccc(OC2CCCC2)nc1)NC(C)Cc1c(C)nn(C)c1C. The summed E-state index contributed by atoms with van der Waals surface area (Å²) in [7, 11) is 3.78. The minimum atomic E-state index is 0.239. The van der Waals surface area contributed by atoms with Crippen LogP contribution in [0.2, 0.25) is 0 Å². The molecule has 2 aromatic rings. The van der Waals surface area contributed by atoms with E-state index in [1.807, 2.05) is 24.0 Å². The van der Waals surface area contributed by atoms with E-state index in [1.54, 1.807) is 7.05 Å². The highest BCUT2D eigenvalue weighted by molar-refractivity contribution is 5.79. The quantitative estimate of drug-likeness (QED) is 0.554. The largest absolute Gasteiger partial charge is 0.474 e. The Morgan fingerprint density at radius 1 is 1.31 bits per heavy atom. The summed E-state index contributed by atoms with van der Waals surface area (Å²) < 4.78 is 7.87. The zero-order valence-corrected chi connectivity index (χ0v) is 18.3. The van der Waals surface area contributed by atoms with Crippen LogP contribution in [0.4, 0.5) is 0 Å². The third-order valence-electron chi connectivity index (χ3n) is 5.62. The number of aryl methyl sites for hydroxylation is 2. The van der Waals surface area contributed by atoms with Gasteiger partial charge >= 0.3 is 0 Å². The van der Waals surface area contributed by atoms with Crippen LogP contribution in [0.25, 0.3) is 0 Å². The number of ether oxygens (including phenoxy) is 1. The molecular formula is C22H34N6O. The van der Waals surface area contributed by atoms with Gasteiger partial charge in [0, 0.05) is 44.6 Å². The Morgan fingerprint density at radius 3 is 2.66 bits per heavy atom. The van der Waals surface area contributed by atoms with Crippen molar-refractivity contribution in [3.05, 3.63) is 40.8 Å². The van der Waals surface area contributed by atoms with Crippen LogP contribution >= 0.6 is 0 Å². The van der Waals surface area contributed by atoms with E-state index >= 15 is 0 Å². The number of aromatic nitrogens is 3. The summed E-state index contributed by atoms with van der Waals surface area (Å²) in [4.78, 5) is 8.80. The first kappa shape index (κ1) is 21.1. The number of hydrogen-bond acceptors (Lipinski definition) is 4. The topological polar surface area (TPSA) is 76.4 Å². The van der Waals surface area contributed by atoms with Gasteiger partial charge in [0.15, 0.2) is 5.96 Å². The molecule has 0 aromatic carbocycles. The fourth-order valence-corrected chi connectivity index (χ4v) is 3.85. The van der Waals surface area contributed by atoms with Crippen LogP contribution in [0.5, 0.6) is 5.88 Å². The number of nitrogens with zero attached hydrogens (tertiary/aromatic N) is 4. The highest BCUT2D eigenvalue weighted by Crippen LogP contribution is 2.22. The lowest BCUT2D eigenvalue weighted by Crippen LogP contribution is -2.42. The Bertz CT molecular complexity index is 821. The van der Waals surface area contributed by atoms with Crippen LogP contribution in [0.15, 0.2) is 23.3 Å². The van der Waals surface area contributed by atoms with Crippen LogP contribution < -0.4 is 15.4 Å². The van der Waals surface area contributed by atoms with Gasteiger partial charge in [-0.15, -0.1) is 0 Å². The third kappa shape index (κ3) is 5.71. The normalized spacial score (nSPS) is 16.1. The summed E-state index contributed by atoms with van der Waals surface area (Å²) >= 11 is 0. The Labute approximate surface area is 174 Å². The van der Waals surface area contributed by atoms with Gasteiger partial charge < -0.3 is 15.4 Å². The van der Waals surface area contributed by atoms with E-state index in [2.05, 4.69) is 52.5 Å². The van der Waals surface area contributed by atoms with E-state index in [0.717, 1.165) is 42.4 Å². The van der Waals surface area contributed by atoms with Crippen LogP contribution in [-0.2, 0) is 20.0 Å². The first-order valence-electron chi connectivity index (χ1n) is 10.5. The van der Waals surface area contributed by atoms with E-state index in [-0.39, 0.29) is 6.04 Å². The molecule has 0 amide bonds. The molecule has 0 aliphatic heterocycles. The standard InChI is InChI=1S/C22H34N6O/c1-15(12-20-16(2)27-28(5)17(20)3)26-22(23-4)25-14-18-10-11-21(24-13-18)29-19-8-6-7-9-19/h10-11,13,15,19H,6-9,12,14H2,1-5H3,(H2,23,25,26). The number of pyridine rings is 1. The molecule has 1 unspecified atom stereocenters. The summed E-state index contributed by atoms with van der Waals surface area (Å²) in [6.07, 6.45) is 7.92. The molecule has 7 heteroatoms. The molecule has 3 rings (SSSR count). The Balaban J connectivity index is 1.48. The second-order valence-corrected chi connectivity index (χ2v) is 7.98. The van der Waals surface area contributed by atoms with Crippen molar-refractivity contribution >= 4 is 5.96 Å².